The average molecular weight is 309 g/mol. The lowest BCUT2D eigenvalue weighted by atomic mass is 9.95. The van der Waals surface area contributed by atoms with Crippen molar-refractivity contribution in [3.63, 3.8) is 0 Å². The van der Waals surface area contributed by atoms with Gasteiger partial charge in [-0.2, -0.15) is 0 Å². The van der Waals surface area contributed by atoms with Crippen LogP contribution in [-0.2, 0) is 4.79 Å². The van der Waals surface area contributed by atoms with Crippen molar-refractivity contribution in [3.05, 3.63) is 0 Å². The van der Waals surface area contributed by atoms with Gasteiger partial charge in [0.15, 0.2) is 5.96 Å². The van der Waals surface area contributed by atoms with E-state index in [9.17, 15) is 4.79 Å². The number of guanidine groups is 1. The topological polar surface area (TPSA) is 74.0 Å². The fourth-order valence-corrected chi connectivity index (χ4v) is 3.27. The molecule has 1 saturated carbocycles. The van der Waals surface area contributed by atoms with Gasteiger partial charge in [0.05, 0.1) is 0 Å². The van der Waals surface area contributed by atoms with E-state index in [1.165, 1.54) is 12.8 Å². The van der Waals surface area contributed by atoms with Crippen LogP contribution >= 0.6 is 0 Å². The summed E-state index contributed by atoms with van der Waals surface area (Å²) in [6.45, 7) is 5.03. The number of nitrogens with two attached hydrogens (primary N) is 1. The summed E-state index contributed by atoms with van der Waals surface area (Å²) < 4.78 is 0. The number of hydrogen-bond acceptors (Lipinski definition) is 3. The molecule has 6 nitrogen and oxygen atoms in total. The zero-order valence-electron chi connectivity index (χ0n) is 14.2. The van der Waals surface area contributed by atoms with E-state index < -0.39 is 0 Å². The van der Waals surface area contributed by atoms with E-state index >= 15 is 0 Å². The van der Waals surface area contributed by atoms with E-state index in [2.05, 4.69) is 34.1 Å². The van der Waals surface area contributed by atoms with Crippen molar-refractivity contribution in [1.29, 1.82) is 0 Å². The number of hydrogen-bond donors (Lipinski definition) is 2. The van der Waals surface area contributed by atoms with Crippen LogP contribution in [0.25, 0.3) is 0 Å². The molecule has 1 amide bonds. The molecule has 1 aliphatic heterocycles. The highest BCUT2D eigenvalue weighted by molar-refractivity contribution is 5.80. The first kappa shape index (κ1) is 17.1. The van der Waals surface area contributed by atoms with E-state index in [4.69, 9.17) is 5.73 Å². The predicted molar refractivity (Wildman–Crippen MR) is 89.7 cm³/mol. The monoisotopic (exact) mass is 309 g/mol. The average Bonchev–Trinajstić information content (AvgIpc) is 3.31. The van der Waals surface area contributed by atoms with Gasteiger partial charge in [-0.15, -0.1) is 0 Å². The molecule has 2 aliphatic rings. The third kappa shape index (κ3) is 4.87. The first-order chi connectivity index (χ1) is 10.5. The molecule has 1 saturated heterocycles. The fourth-order valence-electron chi connectivity index (χ4n) is 3.27. The maximum Gasteiger partial charge on any atom is 0.217 e. The van der Waals surface area contributed by atoms with Gasteiger partial charge in [0, 0.05) is 45.2 Å². The summed E-state index contributed by atoms with van der Waals surface area (Å²) in [7, 11) is 4.03. The molecule has 2 unspecified atom stereocenters. The van der Waals surface area contributed by atoms with E-state index in [1.54, 1.807) is 0 Å². The number of aliphatic imine (C=N–C) groups is 1. The van der Waals surface area contributed by atoms with Crippen LogP contribution in [0.2, 0.25) is 0 Å². The number of rotatable bonds is 6. The minimum Gasteiger partial charge on any atom is -0.370 e. The van der Waals surface area contributed by atoms with Crippen molar-refractivity contribution >= 4 is 11.9 Å². The standard InChI is InChI=1S/C16H31N5O/c1-12(20(3)14-6-7-14)10-19-16(18-2)21-8-4-5-13(11-21)9-15(17)22/h12-14H,4-11H2,1-3H3,(H2,17,22)(H,18,19). The Morgan fingerprint density at radius 1 is 1.45 bits per heavy atom. The van der Waals surface area contributed by atoms with Crippen LogP contribution in [0.4, 0.5) is 0 Å². The maximum atomic E-state index is 11.1. The maximum absolute atomic E-state index is 11.1. The van der Waals surface area contributed by atoms with Crippen molar-refractivity contribution in [2.75, 3.05) is 33.7 Å². The Hall–Kier alpha value is -1.30. The van der Waals surface area contributed by atoms with Gasteiger partial charge in [-0.05, 0) is 45.6 Å². The van der Waals surface area contributed by atoms with Crippen molar-refractivity contribution < 1.29 is 4.79 Å². The van der Waals surface area contributed by atoms with Gasteiger partial charge < -0.3 is 16.0 Å². The molecule has 2 fully saturated rings. The summed E-state index contributed by atoms with van der Waals surface area (Å²) >= 11 is 0. The van der Waals surface area contributed by atoms with Crippen LogP contribution in [-0.4, -0.2) is 67.5 Å². The molecule has 0 aromatic rings. The second kappa shape index (κ2) is 7.81. The molecule has 0 bridgehead atoms. The quantitative estimate of drug-likeness (QED) is 0.557. The van der Waals surface area contributed by atoms with Gasteiger partial charge in [0.1, 0.15) is 0 Å². The van der Waals surface area contributed by atoms with Gasteiger partial charge in [-0.25, -0.2) is 0 Å². The summed E-state index contributed by atoms with van der Waals surface area (Å²) in [6, 6.07) is 1.27. The van der Waals surface area contributed by atoms with Crippen LogP contribution in [0, 0.1) is 5.92 Å². The van der Waals surface area contributed by atoms with Gasteiger partial charge >= 0.3 is 0 Å². The molecule has 0 aromatic carbocycles. The molecule has 0 spiro atoms. The Morgan fingerprint density at radius 2 is 2.18 bits per heavy atom. The lowest BCUT2D eigenvalue weighted by molar-refractivity contribution is -0.119. The molecule has 126 valence electrons. The van der Waals surface area contributed by atoms with Crippen LogP contribution in [0.3, 0.4) is 0 Å². The number of amides is 1. The first-order valence-electron chi connectivity index (χ1n) is 8.47. The fraction of sp³-hybridized carbons (Fsp3) is 0.875. The molecule has 1 heterocycles. The van der Waals surface area contributed by atoms with Crippen molar-refractivity contribution in [1.82, 2.24) is 15.1 Å². The number of piperidine rings is 1. The van der Waals surface area contributed by atoms with Gasteiger partial charge in [0.25, 0.3) is 0 Å². The number of likely N-dealkylation sites (tertiary alicyclic amines) is 1. The number of carbonyl (C=O) groups is 1. The van der Waals surface area contributed by atoms with E-state index in [0.29, 0.717) is 18.4 Å². The smallest absolute Gasteiger partial charge is 0.217 e. The Bertz CT molecular complexity index is 407. The highest BCUT2D eigenvalue weighted by Crippen LogP contribution is 2.26. The number of nitrogens with one attached hydrogen (secondary N) is 1. The number of nitrogens with zero attached hydrogens (tertiary/aromatic N) is 3. The number of primary amides is 1. The van der Waals surface area contributed by atoms with Gasteiger partial charge in [-0.3, -0.25) is 14.7 Å². The highest BCUT2D eigenvalue weighted by Gasteiger charge is 2.29. The van der Waals surface area contributed by atoms with Crippen molar-refractivity contribution in [2.45, 2.75) is 51.1 Å². The van der Waals surface area contributed by atoms with Crippen molar-refractivity contribution in [2.24, 2.45) is 16.6 Å². The Kier molecular flexibility index (Phi) is 6.06. The minimum atomic E-state index is -0.200. The molecular weight excluding hydrogens is 278 g/mol. The molecule has 0 aromatic heterocycles. The second-order valence-electron chi connectivity index (χ2n) is 6.80. The largest absolute Gasteiger partial charge is 0.370 e. The van der Waals surface area contributed by atoms with E-state index in [-0.39, 0.29) is 5.91 Å². The molecule has 6 heteroatoms. The van der Waals surface area contributed by atoms with Gasteiger partial charge in [-0.1, -0.05) is 0 Å². The molecule has 2 rings (SSSR count). The Morgan fingerprint density at radius 3 is 2.77 bits per heavy atom. The third-order valence-electron chi connectivity index (χ3n) is 4.89. The first-order valence-corrected chi connectivity index (χ1v) is 8.47. The molecular formula is C16H31N5O. The number of carbonyl (C=O) groups excluding carboxylic acids is 1. The third-order valence-corrected chi connectivity index (χ3v) is 4.89. The molecule has 22 heavy (non-hydrogen) atoms. The molecule has 1 aliphatic carbocycles. The lowest BCUT2D eigenvalue weighted by Gasteiger charge is -2.35. The number of likely N-dealkylation sites (N-methyl/N-ethyl adjacent to an activating group) is 1. The second-order valence-corrected chi connectivity index (χ2v) is 6.80. The summed E-state index contributed by atoms with van der Waals surface area (Å²) in [5.74, 6) is 1.11. The van der Waals surface area contributed by atoms with Crippen LogP contribution in [0.1, 0.15) is 39.0 Å². The SMILES string of the molecule is CN=C(NCC(C)N(C)C1CC1)N1CCCC(CC(N)=O)C1. The summed E-state index contributed by atoms with van der Waals surface area (Å²) in [5.41, 5.74) is 5.33. The molecule has 0 radical (unpaired) electrons. The van der Waals surface area contributed by atoms with E-state index in [1.807, 2.05) is 7.05 Å². The molecule has 2 atom stereocenters. The zero-order chi connectivity index (χ0) is 16.1. The van der Waals surface area contributed by atoms with Crippen LogP contribution < -0.4 is 11.1 Å². The predicted octanol–water partition coefficient (Wildman–Crippen LogP) is 0.632. The normalized spacial score (nSPS) is 24.5. The summed E-state index contributed by atoms with van der Waals surface area (Å²) in [5, 5.41) is 3.49. The Balaban J connectivity index is 1.81. The lowest BCUT2D eigenvalue weighted by Crippen LogP contribution is -2.50. The summed E-state index contributed by atoms with van der Waals surface area (Å²) in [6.07, 6.45) is 5.31. The van der Waals surface area contributed by atoms with Crippen LogP contribution in [0.15, 0.2) is 4.99 Å². The zero-order valence-corrected chi connectivity index (χ0v) is 14.2. The van der Waals surface area contributed by atoms with Crippen LogP contribution in [0.5, 0.6) is 0 Å². The summed E-state index contributed by atoms with van der Waals surface area (Å²) in [4.78, 5) is 20.3. The van der Waals surface area contributed by atoms with Crippen molar-refractivity contribution in [3.8, 4) is 0 Å². The van der Waals surface area contributed by atoms with E-state index in [0.717, 1.165) is 44.5 Å². The minimum absolute atomic E-state index is 0.200. The Labute approximate surface area is 134 Å². The molecule has 3 N–H and O–H groups in total. The van der Waals surface area contributed by atoms with Gasteiger partial charge in [0.2, 0.25) is 5.91 Å². The highest BCUT2D eigenvalue weighted by atomic mass is 16.1.